The molecule has 0 amide bonds. The summed E-state index contributed by atoms with van der Waals surface area (Å²) in [5, 5.41) is 23.9. The van der Waals surface area contributed by atoms with Crippen molar-refractivity contribution in [3.8, 4) is 0 Å². The summed E-state index contributed by atoms with van der Waals surface area (Å²) in [6, 6.07) is 0. The normalized spacial score (nSPS) is 8.94. The van der Waals surface area contributed by atoms with E-state index in [2.05, 4.69) is 13.2 Å². The molecule has 3 N–H and O–H groups in total. The molecule has 0 bridgehead atoms. The molecule has 6 heteroatoms. The fourth-order valence-electron chi connectivity index (χ4n) is 0.526. The summed E-state index contributed by atoms with van der Waals surface area (Å²) >= 11 is 0. The number of carboxylic acid groups (broad SMARTS) is 3. The number of hydrogen-bond donors (Lipinski definition) is 3. The highest BCUT2D eigenvalue weighted by Crippen LogP contribution is 2.01. The van der Waals surface area contributed by atoms with Gasteiger partial charge >= 0.3 is 17.9 Å². The first-order chi connectivity index (χ1) is 7.81. The van der Waals surface area contributed by atoms with Gasteiger partial charge in [-0.2, -0.15) is 0 Å². The van der Waals surface area contributed by atoms with Crippen molar-refractivity contribution in [1.29, 1.82) is 0 Å². The Kier molecular flexibility index (Phi) is 10.2. The van der Waals surface area contributed by atoms with Crippen LogP contribution in [0.2, 0.25) is 0 Å². The molecule has 0 rings (SSSR count). The molecule has 0 saturated carbocycles. The Labute approximate surface area is 98.2 Å². The summed E-state index contributed by atoms with van der Waals surface area (Å²) in [6.45, 7) is 6.80. The summed E-state index contributed by atoms with van der Waals surface area (Å²) in [6.07, 6.45) is 3.97. The zero-order valence-corrected chi connectivity index (χ0v) is 9.13. The van der Waals surface area contributed by atoms with Crippen LogP contribution in [0.5, 0.6) is 0 Å². The van der Waals surface area contributed by atoms with Crippen LogP contribution < -0.4 is 0 Å². The van der Waals surface area contributed by atoms with Crippen LogP contribution in [0.15, 0.2) is 37.0 Å². The standard InChI is InChI=1S/C7H10O2.C4H4O4/c1-3-4-5-6(2)7(8)9;5-3(6)1-2-4(7)8/h3H,1-2,4-5H2,(H,8,9);1-2H,(H,5,6)(H,7,8)/b;2-1-. The lowest BCUT2D eigenvalue weighted by Crippen LogP contribution is -1.97. The first-order valence-electron chi connectivity index (χ1n) is 4.47. The van der Waals surface area contributed by atoms with Gasteiger partial charge in [-0.25, -0.2) is 14.4 Å². The molecule has 0 aliphatic rings. The van der Waals surface area contributed by atoms with E-state index in [1.165, 1.54) is 0 Å². The number of carboxylic acids is 3. The molecule has 0 radical (unpaired) electrons. The maximum atomic E-state index is 10.1. The average Bonchev–Trinajstić information content (AvgIpc) is 2.23. The molecule has 0 aromatic heterocycles. The maximum absolute atomic E-state index is 10.1. The van der Waals surface area contributed by atoms with E-state index in [0.29, 0.717) is 25.0 Å². The van der Waals surface area contributed by atoms with Gasteiger partial charge in [0.15, 0.2) is 0 Å². The summed E-state index contributed by atoms with van der Waals surface area (Å²) in [7, 11) is 0. The molecule has 0 aliphatic carbocycles. The predicted octanol–water partition coefficient (Wildman–Crippen LogP) is 1.31. The first-order valence-corrected chi connectivity index (χ1v) is 4.47. The lowest BCUT2D eigenvalue weighted by Gasteiger charge is -1.93. The molecule has 0 fully saturated rings. The van der Waals surface area contributed by atoms with Gasteiger partial charge in [0.1, 0.15) is 0 Å². The van der Waals surface area contributed by atoms with Crippen LogP contribution in [0.4, 0.5) is 0 Å². The van der Waals surface area contributed by atoms with Crippen LogP contribution in [-0.4, -0.2) is 33.2 Å². The first kappa shape index (κ1) is 17.0. The lowest BCUT2D eigenvalue weighted by molar-refractivity contribution is -0.134. The maximum Gasteiger partial charge on any atom is 0.330 e. The van der Waals surface area contributed by atoms with Crippen molar-refractivity contribution in [2.45, 2.75) is 12.8 Å². The van der Waals surface area contributed by atoms with Crippen molar-refractivity contribution < 1.29 is 29.7 Å². The van der Waals surface area contributed by atoms with Gasteiger partial charge in [-0.1, -0.05) is 12.7 Å². The topological polar surface area (TPSA) is 112 Å². The average molecular weight is 242 g/mol. The van der Waals surface area contributed by atoms with Gasteiger partial charge in [-0.05, 0) is 12.8 Å². The molecule has 0 heterocycles. The van der Waals surface area contributed by atoms with Crippen molar-refractivity contribution >= 4 is 17.9 Å². The molecule has 17 heavy (non-hydrogen) atoms. The SMILES string of the molecule is C=CCCC(=C)C(=O)O.O=C(O)/C=C\C(=O)O. The van der Waals surface area contributed by atoms with Crippen LogP contribution in [-0.2, 0) is 14.4 Å². The van der Waals surface area contributed by atoms with Crippen molar-refractivity contribution in [2.24, 2.45) is 0 Å². The van der Waals surface area contributed by atoms with E-state index in [1.807, 2.05) is 0 Å². The Bertz CT molecular complexity index is 324. The minimum Gasteiger partial charge on any atom is -0.478 e. The third-order valence-corrected chi connectivity index (χ3v) is 1.32. The van der Waals surface area contributed by atoms with E-state index in [0.717, 1.165) is 0 Å². The van der Waals surface area contributed by atoms with Gasteiger partial charge in [0.2, 0.25) is 0 Å². The molecule has 0 aromatic rings. The van der Waals surface area contributed by atoms with Gasteiger partial charge in [-0.15, -0.1) is 6.58 Å². The van der Waals surface area contributed by atoms with Crippen molar-refractivity contribution in [3.05, 3.63) is 37.0 Å². The van der Waals surface area contributed by atoms with Crippen LogP contribution >= 0.6 is 0 Å². The van der Waals surface area contributed by atoms with E-state index >= 15 is 0 Å². The Morgan fingerprint density at radius 1 is 1.00 bits per heavy atom. The number of aliphatic carboxylic acids is 3. The van der Waals surface area contributed by atoms with Crippen LogP contribution in [0.1, 0.15) is 12.8 Å². The molecular weight excluding hydrogens is 228 g/mol. The van der Waals surface area contributed by atoms with Crippen molar-refractivity contribution in [3.63, 3.8) is 0 Å². The molecule has 0 saturated heterocycles. The predicted molar refractivity (Wildman–Crippen MR) is 60.6 cm³/mol. The van der Waals surface area contributed by atoms with Crippen molar-refractivity contribution in [2.75, 3.05) is 0 Å². The van der Waals surface area contributed by atoms with Crippen LogP contribution in [0.25, 0.3) is 0 Å². The third kappa shape index (κ3) is 16.3. The van der Waals surface area contributed by atoms with Gasteiger partial charge in [0.25, 0.3) is 0 Å². The van der Waals surface area contributed by atoms with Gasteiger partial charge in [0.05, 0.1) is 0 Å². The van der Waals surface area contributed by atoms with Crippen LogP contribution in [0.3, 0.4) is 0 Å². The molecule has 94 valence electrons. The summed E-state index contributed by atoms with van der Waals surface area (Å²) in [4.78, 5) is 29.2. The molecule has 0 atom stereocenters. The second-order valence-corrected chi connectivity index (χ2v) is 2.75. The minimum atomic E-state index is -1.26. The van der Waals surface area contributed by atoms with E-state index < -0.39 is 17.9 Å². The highest BCUT2D eigenvalue weighted by Gasteiger charge is 1.99. The number of hydrogen-bond acceptors (Lipinski definition) is 3. The van der Waals surface area contributed by atoms with Crippen molar-refractivity contribution in [1.82, 2.24) is 0 Å². The van der Waals surface area contributed by atoms with Gasteiger partial charge < -0.3 is 15.3 Å². The molecule has 0 unspecified atom stereocenters. The monoisotopic (exact) mass is 242 g/mol. The fraction of sp³-hybridized carbons (Fsp3) is 0.182. The second-order valence-electron chi connectivity index (χ2n) is 2.75. The molecule has 0 spiro atoms. The van der Waals surface area contributed by atoms with E-state index in [9.17, 15) is 14.4 Å². The fourth-order valence-corrected chi connectivity index (χ4v) is 0.526. The second kappa shape index (κ2) is 10.2. The summed E-state index contributed by atoms with van der Waals surface area (Å²) in [5.41, 5.74) is 0.245. The van der Waals surface area contributed by atoms with E-state index in [1.54, 1.807) is 6.08 Å². The smallest absolute Gasteiger partial charge is 0.330 e. The zero-order valence-electron chi connectivity index (χ0n) is 9.13. The summed E-state index contributed by atoms with van der Waals surface area (Å²) in [5.74, 6) is -3.43. The van der Waals surface area contributed by atoms with Crippen LogP contribution in [0, 0.1) is 0 Å². The third-order valence-electron chi connectivity index (χ3n) is 1.32. The number of allylic oxidation sites excluding steroid dienone is 1. The van der Waals surface area contributed by atoms with E-state index in [-0.39, 0.29) is 5.57 Å². The molecule has 6 nitrogen and oxygen atoms in total. The Morgan fingerprint density at radius 2 is 1.41 bits per heavy atom. The minimum absolute atomic E-state index is 0.245. The highest BCUT2D eigenvalue weighted by atomic mass is 16.4. The van der Waals surface area contributed by atoms with E-state index in [4.69, 9.17) is 15.3 Å². The molecule has 0 aliphatic heterocycles. The molecular formula is C11H14O6. The Hall–Kier alpha value is -2.37. The largest absolute Gasteiger partial charge is 0.478 e. The Balaban J connectivity index is 0. The number of rotatable bonds is 6. The summed E-state index contributed by atoms with van der Waals surface area (Å²) < 4.78 is 0. The number of carbonyl (C=O) groups is 3. The highest BCUT2D eigenvalue weighted by molar-refractivity contribution is 5.89. The van der Waals surface area contributed by atoms with Gasteiger partial charge in [-0.3, -0.25) is 0 Å². The zero-order chi connectivity index (χ0) is 13.8. The molecule has 0 aromatic carbocycles. The van der Waals surface area contributed by atoms with Gasteiger partial charge in [0, 0.05) is 17.7 Å². The quantitative estimate of drug-likeness (QED) is 0.478. The lowest BCUT2D eigenvalue weighted by atomic mass is 10.2. The Morgan fingerprint density at radius 3 is 1.65 bits per heavy atom.